The quantitative estimate of drug-likeness (QED) is 0.578. The average molecular weight is 407 g/mol. The standard InChI is InChI=1S/C20H17F4N3O2/c1-11-17-14(20(22,23)24)9-16(25-18(17)29-26-11)12-5-4-8-27(10-12)19(28)13-6-2-3-7-15(13)21/h2-3,6-7,9,12H,4-5,8,10H2,1H3. The number of aryl methyl sites for hydroxylation is 1. The first-order valence-corrected chi connectivity index (χ1v) is 9.13. The fraction of sp³-hybridized carbons (Fsp3) is 0.350. The molecule has 3 heterocycles. The minimum Gasteiger partial charge on any atom is -0.338 e. The Morgan fingerprint density at radius 3 is 2.76 bits per heavy atom. The van der Waals surface area contributed by atoms with Crippen LogP contribution in [0.4, 0.5) is 17.6 Å². The van der Waals surface area contributed by atoms with Crippen LogP contribution in [0.2, 0.25) is 0 Å². The summed E-state index contributed by atoms with van der Waals surface area (Å²) >= 11 is 0. The lowest BCUT2D eigenvalue weighted by Crippen LogP contribution is -2.39. The zero-order chi connectivity index (χ0) is 20.8. The Labute approximate surface area is 163 Å². The van der Waals surface area contributed by atoms with Gasteiger partial charge in [-0.25, -0.2) is 9.37 Å². The fourth-order valence-electron chi connectivity index (χ4n) is 3.75. The van der Waals surface area contributed by atoms with Gasteiger partial charge in [0, 0.05) is 19.0 Å². The number of hydrogen-bond acceptors (Lipinski definition) is 4. The van der Waals surface area contributed by atoms with Crippen molar-refractivity contribution in [1.82, 2.24) is 15.0 Å². The highest BCUT2D eigenvalue weighted by atomic mass is 19.4. The summed E-state index contributed by atoms with van der Waals surface area (Å²) in [6, 6.07) is 6.66. The lowest BCUT2D eigenvalue weighted by molar-refractivity contribution is -0.136. The van der Waals surface area contributed by atoms with Gasteiger partial charge in [-0.1, -0.05) is 17.3 Å². The van der Waals surface area contributed by atoms with E-state index in [9.17, 15) is 22.4 Å². The number of halogens is 4. The van der Waals surface area contributed by atoms with E-state index in [-0.39, 0.29) is 34.6 Å². The number of aromatic nitrogens is 2. The summed E-state index contributed by atoms with van der Waals surface area (Å²) in [5.74, 6) is -1.54. The molecular weight excluding hydrogens is 390 g/mol. The maximum Gasteiger partial charge on any atom is 0.417 e. The van der Waals surface area contributed by atoms with Gasteiger partial charge in [0.25, 0.3) is 11.6 Å². The number of benzene rings is 1. The van der Waals surface area contributed by atoms with Crippen LogP contribution < -0.4 is 0 Å². The van der Waals surface area contributed by atoms with Crippen molar-refractivity contribution in [1.29, 1.82) is 0 Å². The zero-order valence-electron chi connectivity index (χ0n) is 15.5. The molecule has 152 valence electrons. The molecule has 4 rings (SSSR count). The van der Waals surface area contributed by atoms with Gasteiger partial charge in [-0.3, -0.25) is 4.79 Å². The van der Waals surface area contributed by atoms with Crippen molar-refractivity contribution in [2.45, 2.75) is 31.9 Å². The van der Waals surface area contributed by atoms with Crippen molar-refractivity contribution >= 4 is 17.0 Å². The van der Waals surface area contributed by atoms with Gasteiger partial charge in [0.2, 0.25) is 0 Å². The van der Waals surface area contributed by atoms with E-state index < -0.39 is 29.4 Å². The number of carbonyl (C=O) groups is 1. The largest absolute Gasteiger partial charge is 0.417 e. The van der Waals surface area contributed by atoms with Crippen LogP contribution in [-0.4, -0.2) is 34.0 Å². The molecule has 0 aliphatic carbocycles. The Morgan fingerprint density at radius 1 is 1.28 bits per heavy atom. The van der Waals surface area contributed by atoms with E-state index in [0.29, 0.717) is 19.4 Å². The van der Waals surface area contributed by atoms with Gasteiger partial charge >= 0.3 is 6.18 Å². The van der Waals surface area contributed by atoms with Crippen molar-refractivity contribution in [2.75, 3.05) is 13.1 Å². The van der Waals surface area contributed by atoms with E-state index in [2.05, 4.69) is 10.1 Å². The molecule has 3 aromatic rings. The van der Waals surface area contributed by atoms with Crippen LogP contribution in [-0.2, 0) is 6.18 Å². The maximum atomic E-state index is 14.0. The minimum atomic E-state index is -4.59. The normalized spacial score (nSPS) is 17.7. The number of pyridine rings is 1. The number of piperidine rings is 1. The highest BCUT2D eigenvalue weighted by Gasteiger charge is 2.37. The Balaban J connectivity index is 1.67. The molecule has 1 aliphatic rings. The van der Waals surface area contributed by atoms with Gasteiger partial charge in [-0.05, 0) is 38.0 Å². The molecule has 1 saturated heterocycles. The molecule has 0 N–H and O–H groups in total. The van der Waals surface area contributed by atoms with Gasteiger partial charge in [-0.2, -0.15) is 13.2 Å². The first-order chi connectivity index (χ1) is 13.8. The van der Waals surface area contributed by atoms with E-state index in [0.717, 1.165) is 6.07 Å². The van der Waals surface area contributed by atoms with Gasteiger partial charge in [0.1, 0.15) is 5.82 Å². The molecule has 1 fully saturated rings. The summed E-state index contributed by atoms with van der Waals surface area (Å²) < 4.78 is 59.7. The van der Waals surface area contributed by atoms with Crippen molar-refractivity contribution in [3.05, 3.63) is 58.7 Å². The number of nitrogens with zero attached hydrogens (tertiary/aromatic N) is 3. The predicted octanol–water partition coefficient (Wildman–Crippen LogP) is 4.71. The summed E-state index contributed by atoms with van der Waals surface area (Å²) in [5.41, 5.74) is -0.782. The van der Waals surface area contributed by atoms with Gasteiger partial charge < -0.3 is 9.42 Å². The van der Waals surface area contributed by atoms with Gasteiger partial charge in [0.05, 0.1) is 27.9 Å². The highest BCUT2D eigenvalue weighted by Crippen LogP contribution is 2.38. The number of fused-ring (bicyclic) bond motifs is 1. The Hall–Kier alpha value is -2.97. The molecule has 1 unspecified atom stereocenters. The summed E-state index contributed by atoms with van der Waals surface area (Å²) in [7, 11) is 0. The first-order valence-electron chi connectivity index (χ1n) is 9.13. The van der Waals surface area contributed by atoms with Crippen LogP contribution >= 0.6 is 0 Å². The van der Waals surface area contributed by atoms with Crippen LogP contribution in [0, 0.1) is 12.7 Å². The molecular formula is C20H17F4N3O2. The second-order valence-corrected chi connectivity index (χ2v) is 7.11. The van der Waals surface area contributed by atoms with Gasteiger partial charge in [-0.15, -0.1) is 0 Å². The molecule has 9 heteroatoms. The van der Waals surface area contributed by atoms with E-state index in [1.165, 1.54) is 30.0 Å². The van der Waals surface area contributed by atoms with Crippen LogP contribution in [0.3, 0.4) is 0 Å². The molecule has 1 amide bonds. The van der Waals surface area contributed by atoms with Crippen LogP contribution in [0.1, 0.15) is 46.1 Å². The number of carbonyl (C=O) groups excluding carboxylic acids is 1. The number of amides is 1. The van der Waals surface area contributed by atoms with E-state index >= 15 is 0 Å². The summed E-state index contributed by atoms with van der Waals surface area (Å²) in [6.45, 7) is 1.98. The van der Waals surface area contributed by atoms with Crippen LogP contribution in [0.25, 0.3) is 11.1 Å². The van der Waals surface area contributed by atoms with E-state index in [1.54, 1.807) is 6.07 Å². The summed E-state index contributed by atoms with van der Waals surface area (Å²) in [4.78, 5) is 18.4. The Bertz CT molecular complexity index is 1080. The second-order valence-electron chi connectivity index (χ2n) is 7.11. The topological polar surface area (TPSA) is 59.2 Å². The fourth-order valence-corrected chi connectivity index (χ4v) is 3.75. The molecule has 0 saturated carbocycles. The third kappa shape index (κ3) is 3.56. The monoisotopic (exact) mass is 407 g/mol. The van der Waals surface area contributed by atoms with Crippen LogP contribution in [0.15, 0.2) is 34.9 Å². The molecule has 2 aromatic heterocycles. The van der Waals surface area contributed by atoms with Crippen molar-refractivity contribution in [3.63, 3.8) is 0 Å². The first kappa shape index (κ1) is 19.4. The predicted molar refractivity (Wildman–Crippen MR) is 95.8 cm³/mol. The molecule has 1 aromatic carbocycles. The third-order valence-corrected chi connectivity index (χ3v) is 5.17. The van der Waals surface area contributed by atoms with Crippen molar-refractivity contribution < 1.29 is 26.9 Å². The van der Waals surface area contributed by atoms with Crippen molar-refractivity contribution in [3.8, 4) is 0 Å². The zero-order valence-corrected chi connectivity index (χ0v) is 15.5. The third-order valence-electron chi connectivity index (χ3n) is 5.17. The molecule has 1 aliphatic heterocycles. The number of likely N-dealkylation sites (tertiary alicyclic amines) is 1. The minimum absolute atomic E-state index is 0.0570. The summed E-state index contributed by atoms with van der Waals surface area (Å²) in [5, 5.41) is 3.45. The second kappa shape index (κ2) is 7.13. The molecule has 0 bridgehead atoms. The maximum absolute atomic E-state index is 14.0. The number of rotatable bonds is 2. The average Bonchev–Trinajstić information content (AvgIpc) is 3.07. The molecule has 0 radical (unpaired) electrons. The summed E-state index contributed by atoms with van der Waals surface area (Å²) in [6.07, 6.45) is -3.46. The van der Waals surface area contributed by atoms with Gasteiger partial charge in [0.15, 0.2) is 0 Å². The number of alkyl halides is 3. The Kier molecular flexibility index (Phi) is 4.76. The smallest absolute Gasteiger partial charge is 0.338 e. The highest BCUT2D eigenvalue weighted by molar-refractivity contribution is 5.94. The molecule has 0 spiro atoms. The molecule has 5 nitrogen and oxygen atoms in total. The lowest BCUT2D eigenvalue weighted by atomic mass is 9.92. The van der Waals surface area contributed by atoms with Crippen LogP contribution in [0.5, 0.6) is 0 Å². The lowest BCUT2D eigenvalue weighted by Gasteiger charge is -2.32. The van der Waals surface area contributed by atoms with E-state index in [4.69, 9.17) is 4.52 Å². The number of hydrogen-bond donors (Lipinski definition) is 0. The Morgan fingerprint density at radius 2 is 2.03 bits per heavy atom. The van der Waals surface area contributed by atoms with Crippen molar-refractivity contribution in [2.24, 2.45) is 0 Å². The molecule has 29 heavy (non-hydrogen) atoms. The SMILES string of the molecule is Cc1noc2nc(C3CCCN(C(=O)c4ccccc4F)C3)cc(C(F)(F)F)c12. The molecule has 1 atom stereocenters. The van der Waals surface area contributed by atoms with E-state index in [1.807, 2.05) is 0 Å².